The van der Waals surface area contributed by atoms with Crippen LogP contribution >= 0.6 is 0 Å². The van der Waals surface area contributed by atoms with Crippen LogP contribution in [-0.4, -0.2) is 44.2 Å². The lowest BCUT2D eigenvalue weighted by atomic mass is 10.0. The molecule has 2 aromatic carbocycles. The highest BCUT2D eigenvalue weighted by atomic mass is 16.6. The van der Waals surface area contributed by atoms with Crippen molar-refractivity contribution in [3.8, 4) is 5.75 Å². The van der Waals surface area contributed by atoms with Gasteiger partial charge in [0.25, 0.3) is 5.91 Å². The number of methoxy groups -OCH3 is 3. The van der Waals surface area contributed by atoms with Crippen molar-refractivity contribution in [1.82, 2.24) is 5.32 Å². The number of carbonyl (C=O) groups excluding carboxylic acids is 2. The van der Waals surface area contributed by atoms with Gasteiger partial charge in [0.05, 0.1) is 19.1 Å². The molecule has 0 saturated heterocycles. The average molecular weight is 402 g/mol. The van der Waals surface area contributed by atoms with Crippen LogP contribution in [0.3, 0.4) is 0 Å². The maximum atomic E-state index is 12.7. The first-order valence-corrected chi connectivity index (χ1v) is 8.68. The summed E-state index contributed by atoms with van der Waals surface area (Å²) < 4.78 is 15.0. The molecule has 0 fully saturated rings. The number of nitrogens with one attached hydrogen (secondary N) is 1. The number of esters is 1. The first kappa shape index (κ1) is 21.8. The molecule has 0 spiro atoms. The fourth-order valence-electron chi connectivity index (χ4n) is 2.85. The molecule has 9 heteroatoms. The van der Waals surface area contributed by atoms with Gasteiger partial charge in [-0.15, -0.1) is 0 Å². The standard InChI is InChI=1S/C20H22N2O7/c1-27-17-10-9-13(12-16(17)22(25)26)11-15(20(24)29-3)21-19(23)18(28-2)14-7-5-4-6-8-14/h4-10,12,15,18H,11H2,1-3H3,(H,21,23)/t15-,18+/m1/s1. The van der Waals surface area contributed by atoms with E-state index in [2.05, 4.69) is 5.32 Å². The van der Waals surface area contributed by atoms with E-state index in [1.54, 1.807) is 30.3 Å². The SMILES string of the molecule is COC(=O)[C@@H](Cc1ccc(OC)c([N+](=O)[O-])c1)NC(=O)[C@@H](OC)c1ccccc1. The fourth-order valence-corrected chi connectivity index (χ4v) is 2.85. The molecule has 2 atom stereocenters. The second-order valence-electron chi connectivity index (χ2n) is 6.08. The third-order valence-electron chi connectivity index (χ3n) is 4.26. The molecule has 154 valence electrons. The summed E-state index contributed by atoms with van der Waals surface area (Å²) in [5.41, 5.74) is 0.845. The van der Waals surface area contributed by atoms with Gasteiger partial charge in [-0.05, 0) is 17.2 Å². The lowest BCUT2D eigenvalue weighted by Crippen LogP contribution is -2.45. The molecule has 9 nitrogen and oxygen atoms in total. The maximum absolute atomic E-state index is 12.7. The molecule has 1 N–H and O–H groups in total. The molecule has 0 radical (unpaired) electrons. The minimum Gasteiger partial charge on any atom is -0.490 e. The molecular weight excluding hydrogens is 380 g/mol. The van der Waals surface area contributed by atoms with Crippen LogP contribution in [0.5, 0.6) is 5.75 Å². The van der Waals surface area contributed by atoms with Crippen molar-refractivity contribution >= 4 is 17.6 Å². The summed E-state index contributed by atoms with van der Waals surface area (Å²) in [5.74, 6) is -1.11. The second-order valence-corrected chi connectivity index (χ2v) is 6.08. The molecule has 2 rings (SSSR count). The Morgan fingerprint density at radius 1 is 1.10 bits per heavy atom. The molecule has 0 aliphatic heterocycles. The van der Waals surface area contributed by atoms with Gasteiger partial charge in [0.1, 0.15) is 6.04 Å². The molecule has 0 unspecified atom stereocenters. The van der Waals surface area contributed by atoms with Crippen LogP contribution < -0.4 is 10.1 Å². The summed E-state index contributed by atoms with van der Waals surface area (Å²) in [6, 6.07) is 12.1. The largest absolute Gasteiger partial charge is 0.490 e. The predicted molar refractivity (Wildman–Crippen MR) is 103 cm³/mol. The van der Waals surface area contributed by atoms with Crippen molar-refractivity contribution in [2.45, 2.75) is 18.6 Å². The number of hydrogen-bond acceptors (Lipinski definition) is 7. The third kappa shape index (κ3) is 5.52. The summed E-state index contributed by atoms with van der Waals surface area (Å²) in [7, 11) is 3.91. The van der Waals surface area contributed by atoms with Crippen LogP contribution in [-0.2, 0) is 25.5 Å². The normalized spacial score (nSPS) is 12.5. The number of nitro groups is 1. The first-order valence-electron chi connectivity index (χ1n) is 8.68. The molecule has 0 bridgehead atoms. The van der Waals surface area contributed by atoms with E-state index in [-0.39, 0.29) is 17.9 Å². The number of benzene rings is 2. The molecule has 0 aliphatic rings. The van der Waals surface area contributed by atoms with Crippen LogP contribution in [0.15, 0.2) is 48.5 Å². The topological polar surface area (TPSA) is 117 Å². The quantitative estimate of drug-likeness (QED) is 0.388. The van der Waals surface area contributed by atoms with Crippen LogP contribution in [0.4, 0.5) is 5.69 Å². The van der Waals surface area contributed by atoms with E-state index in [4.69, 9.17) is 14.2 Å². The molecule has 1 amide bonds. The minimum absolute atomic E-state index is 0.00548. The van der Waals surface area contributed by atoms with E-state index in [9.17, 15) is 19.7 Å². The van der Waals surface area contributed by atoms with Crippen LogP contribution in [0.1, 0.15) is 17.2 Å². The molecule has 2 aromatic rings. The lowest BCUT2D eigenvalue weighted by molar-refractivity contribution is -0.385. The van der Waals surface area contributed by atoms with Gasteiger partial charge in [0.2, 0.25) is 0 Å². The Morgan fingerprint density at radius 3 is 2.34 bits per heavy atom. The zero-order valence-electron chi connectivity index (χ0n) is 16.3. The lowest BCUT2D eigenvalue weighted by Gasteiger charge is -2.21. The highest BCUT2D eigenvalue weighted by Gasteiger charge is 2.28. The van der Waals surface area contributed by atoms with Crippen LogP contribution in [0.25, 0.3) is 0 Å². The maximum Gasteiger partial charge on any atom is 0.328 e. The van der Waals surface area contributed by atoms with Gasteiger partial charge in [-0.1, -0.05) is 36.4 Å². The van der Waals surface area contributed by atoms with Crippen molar-refractivity contribution in [2.75, 3.05) is 21.3 Å². The summed E-state index contributed by atoms with van der Waals surface area (Å²) in [4.78, 5) is 35.5. The van der Waals surface area contributed by atoms with Gasteiger partial charge in [-0.3, -0.25) is 14.9 Å². The van der Waals surface area contributed by atoms with Gasteiger partial charge < -0.3 is 19.5 Å². The van der Waals surface area contributed by atoms with Crippen molar-refractivity contribution in [3.63, 3.8) is 0 Å². The monoisotopic (exact) mass is 402 g/mol. The van der Waals surface area contributed by atoms with E-state index >= 15 is 0 Å². The molecular formula is C20H22N2O7. The first-order chi connectivity index (χ1) is 13.9. The Labute approximate surface area is 167 Å². The molecule has 0 aromatic heterocycles. The van der Waals surface area contributed by atoms with E-state index in [0.717, 1.165) is 0 Å². The minimum atomic E-state index is -1.05. The molecule has 0 heterocycles. The molecule has 0 saturated carbocycles. The predicted octanol–water partition coefficient (Wildman–Crippen LogP) is 2.19. The highest BCUT2D eigenvalue weighted by Crippen LogP contribution is 2.28. The Bertz CT molecular complexity index is 870. The summed E-state index contributed by atoms with van der Waals surface area (Å²) >= 11 is 0. The van der Waals surface area contributed by atoms with E-state index in [1.165, 1.54) is 33.5 Å². The second kappa shape index (κ2) is 10.2. The zero-order valence-corrected chi connectivity index (χ0v) is 16.3. The average Bonchev–Trinajstić information content (AvgIpc) is 2.73. The van der Waals surface area contributed by atoms with Crippen molar-refractivity contribution in [3.05, 3.63) is 69.8 Å². The van der Waals surface area contributed by atoms with E-state index in [0.29, 0.717) is 11.1 Å². The van der Waals surface area contributed by atoms with Crippen LogP contribution in [0, 0.1) is 10.1 Å². The fraction of sp³-hybridized carbons (Fsp3) is 0.300. The Hall–Kier alpha value is -3.46. The van der Waals surface area contributed by atoms with Crippen molar-refractivity contribution in [1.29, 1.82) is 0 Å². The number of nitrogens with zero attached hydrogens (tertiary/aromatic N) is 1. The Kier molecular flexibility index (Phi) is 7.67. The van der Waals surface area contributed by atoms with E-state index in [1.807, 2.05) is 6.07 Å². The molecule has 29 heavy (non-hydrogen) atoms. The third-order valence-corrected chi connectivity index (χ3v) is 4.26. The van der Waals surface area contributed by atoms with Gasteiger partial charge in [-0.2, -0.15) is 0 Å². The van der Waals surface area contributed by atoms with Gasteiger partial charge in [0, 0.05) is 19.6 Å². The summed E-state index contributed by atoms with van der Waals surface area (Å²) in [6.07, 6.45) is -0.928. The molecule has 0 aliphatic carbocycles. The van der Waals surface area contributed by atoms with Crippen LogP contribution in [0.2, 0.25) is 0 Å². The van der Waals surface area contributed by atoms with Gasteiger partial charge in [0.15, 0.2) is 11.9 Å². The zero-order chi connectivity index (χ0) is 21.4. The summed E-state index contributed by atoms with van der Waals surface area (Å²) in [6.45, 7) is 0. The number of nitro benzene ring substituents is 1. The smallest absolute Gasteiger partial charge is 0.328 e. The number of ether oxygens (including phenoxy) is 3. The Morgan fingerprint density at radius 2 is 1.79 bits per heavy atom. The number of hydrogen-bond donors (Lipinski definition) is 1. The highest BCUT2D eigenvalue weighted by molar-refractivity contribution is 5.88. The number of amides is 1. The van der Waals surface area contributed by atoms with E-state index < -0.39 is 28.9 Å². The van der Waals surface area contributed by atoms with Crippen molar-refractivity contribution < 1.29 is 28.7 Å². The van der Waals surface area contributed by atoms with Gasteiger partial charge in [-0.25, -0.2) is 4.79 Å². The summed E-state index contributed by atoms with van der Waals surface area (Å²) in [5, 5.41) is 13.8. The number of rotatable bonds is 9. The van der Waals surface area contributed by atoms with Crippen molar-refractivity contribution in [2.24, 2.45) is 0 Å². The number of carbonyl (C=O) groups is 2. The Balaban J connectivity index is 2.24. The van der Waals surface area contributed by atoms with Gasteiger partial charge >= 0.3 is 11.7 Å².